The number of hydrogen-bond donors (Lipinski definition) is 1. The molecule has 1 aromatic heterocycles. The van der Waals surface area contributed by atoms with E-state index in [1.165, 1.54) is 16.8 Å². The molecule has 2 heterocycles. The van der Waals surface area contributed by atoms with E-state index in [2.05, 4.69) is 10.4 Å². The Kier molecular flexibility index (Phi) is 5.06. The zero-order valence-electron chi connectivity index (χ0n) is 15.0. The molecule has 0 spiro atoms. The summed E-state index contributed by atoms with van der Waals surface area (Å²) >= 11 is 0. The maximum atomic E-state index is 13.3. The smallest absolute Gasteiger partial charge is 0.272 e. The van der Waals surface area contributed by atoms with Crippen molar-refractivity contribution < 1.29 is 14.0 Å². The molecular formula is C19H23FN4O2. The third-order valence-corrected chi connectivity index (χ3v) is 4.91. The van der Waals surface area contributed by atoms with Gasteiger partial charge in [0.15, 0.2) is 0 Å². The van der Waals surface area contributed by atoms with Crippen LogP contribution in [0.1, 0.15) is 35.8 Å². The first-order chi connectivity index (χ1) is 12.4. The van der Waals surface area contributed by atoms with Gasteiger partial charge in [-0.15, -0.1) is 0 Å². The van der Waals surface area contributed by atoms with Gasteiger partial charge in [-0.1, -0.05) is 12.1 Å². The molecule has 2 amide bonds. The van der Waals surface area contributed by atoms with Crippen LogP contribution in [0.25, 0.3) is 0 Å². The second-order valence-electron chi connectivity index (χ2n) is 7.04. The Hall–Kier alpha value is -2.70. The van der Waals surface area contributed by atoms with E-state index < -0.39 is 5.41 Å². The highest BCUT2D eigenvalue weighted by atomic mass is 19.1. The van der Waals surface area contributed by atoms with Crippen LogP contribution in [-0.2, 0) is 18.4 Å². The van der Waals surface area contributed by atoms with Gasteiger partial charge in [-0.25, -0.2) is 4.39 Å². The average molecular weight is 358 g/mol. The molecule has 1 aromatic carbocycles. The summed E-state index contributed by atoms with van der Waals surface area (Å²) in [5.41, 5.74) is 0.551. The highest BCUT2D eigenvalue weighted by molar-refractivity contribution is 5.93. The minimum Gasteiger partial charge on any atom is -0.351 e. The van der Waals surface area contributed by atoms with Gasteiger partial charge in [-0.2, -0.15) is 5.10 Å². The number of likely N-dealkylation sites (tertiary alicyclic amines) is 1. The van der Waals surface area contributed by atoms with Crippen molar-refractivity contribution in [3.8, 4) is 0 Å². The molecule has 7 heteroatoms. The second kappa shape index (κ2) is 7.27. The molecule has 1 aliphatic heterocycles. The van der Waals surface area contributed by atoms with Crippen LogP contribution in [0.15, 0.2) is 36.5 Å². The van der Waals surface area contributed by atoms with Gasteiger partial charge >= 0.3 is 0 Å². The summed E-state index contributed by atoms with van der Waals surface area (Å²) in [7, 11) is 1.72. The Labute approximate surface area is 152 Å². The average Bonchev–Trinajstić information content (AvgIpc) is 3.05. The van der Waals surface area contributed by atoms with E-state index in [1.54, 1.807) is 36.3 Å². The lowest BCUT2D eigenvalue weighted by atomic mass is 9.80. The molecule has 26 heavy (non-hydrogen) atoms. The number of carbonyl (C=O) groups is 2. The molecule has 0 aliphatic carbocycles. The first-order valence-electron chi connectivity index (χ1n) is 8.69. The summed E-state index contributed by atoms with van der Waals surface area (Å²) in [4.78, 5) is 27.2. The quantitative estimate of drug-likeness (QED) is 0.910. The second-order valence-corrected chi connectivity index (χ2v) is 7.04. The maximum Gasteiger partial charge on any atom is 0.272 e. The van der Waals surface area contributed by atoms with Gasteiger partial charge in [0.25, 0.3) is 5.91 Å². The molecular weight excluding hydrogens is 335 g/mol. The maximum absolute atomic E-state index is 13.3. The van der Waals surface area contributed by atoms with E-state index in [0.29, 0.717) is 30.8 Å². The number of rotatable bonds is 4. The van der Waals surface area contributed by atoms with Crippen LogP contribution in [0.3, 0.4) is 0 Å². The summed E-state index contributed by atoms with van der Waals surface area (Å²) in [6.45, 7) is 3.11. The van der Waals surface area contributed by atoms with Crippen molar-refractivity contribution in [2.45, 2.75) is 26.3 Å². The number of nitrogens with zero attached hydrogens (tertiary/aromatic N) is 3. The molecule has 1 unspecified atom stereocenters. The minimum atomic E-state index is -0.667. The number of amides is 2. The molecule has 138 valence electrons. The Morgan fingerprint density at radius 1 is 1.35 bits per heavy atom. The SMILES string of the molecule is Cn1nccc1C(=O)N1CCCC(C)(C(=O)NCc2cccc(F)c2)C1. The Morgan fingerprint density at radius 3 is 2.85 bits per heavy atom. The number of aryl methyl sites for hydroxylation is 1. The van der Waals surface area contributed by atoms with Crippen molar-refractivity contribution >= 4 is 11.8 Å². The van der Waals surface area contributed by atoms with Crippen LogP contribution in [0.2, 0.25) is 0 Å². The van der Waals surface area contributed by atoms with Crippen molar-refractivity contribution in [3.05, 3.63) is 53.6 Å². The standard InChI is InChI=1S/C19H23FN4O2/c1-19(18(26)21-12-14-5-3-6-15(20)11-14)8-4-10-24(13-19)17(25)16-7-9-22-23(16)2/h3,5-7,9,11H,4,8,10,12-13H2,1-2H3,(H,21,26). The monoisotopic (exact) mass is 358 g/mol. The highest BCUT2D eigenvalue weighted by Crippen LogP contribution is 2.30. The fourth-order valence-corrected chi connectivity index (χ4v) is 3.39. The third-order valence-electron chi connectivity index (χ3n) is 4.91. The van der Waals surface area contributed by atoms with Gasteiger partial charge in [0.2, 0.25) is 5.91 Å². The zero-order valence-corrected chi connectivity index (χ0v) is 15.0. The summed E-state index contributed by atoms with van der Waals surface area (Å²) < 4.78 is 14.8. The summed E-state index contributed by atoms with van der Waals surface area (Å²) in [6, 6.07) is 7.84. The lowest BCUT2D eigenvalue weighted by Gasteiger charge is -2.39. The van der Waals surface area contributed by atoms with Crippen molar-refractivity contribution in [3.63, 3.8) is 0 Å². The van der Waals surface area contributed by atoms with Crippen LogP contribution in [0.5, 0.6) is 0 Å². The summed E-state index contributed by atoms with van der Waals surface area (Å²) in [5, 5.41) is 6.91. The van der Waals surface area contributed by atoms with Crippen molar-refractivity contribution in [2.24, 2.45) is 12.5 Å². The van der Waals surface area contributed by atoms with Gasteiger partial charge in [0.05, 0.1) is 5.41 Å². The van der Waals surface area contributed by atoms with Crippen molar-refractivity contribution in [1.82, 2.24) is 20.0 Å². The van der Waals surface area contributed by atoms with Crippen molar-refractivity contribution in [1.29, 1.82) is 0 Å². The molecule has 3 rings (SSSR count). The van der Waals surface area contributed by atoms with Gasteiger partial charge in [0.1, 0.15) is 11.5 Å². The molecule has 1 N–H and O–H groups in total. The van der Waals surface area contributed by atoms with Crippen LogP contribution in [0, 0.1) is 11.2 Å². The number of carbonyl (C=O) groups excluding carboxylic acids is 2. The largest absolute Gasteiger partial charge is 0.351 e. The number of nitrogens with one attached hydrogen (secondary N) is 1. The first kappa shape index (κ1) is 18.1. The number of aromatic nitrogens is 2. The molecule has 1 atom stereocenters. The molecule has 1 saturated heterocycles. The molecule has 0 radical (unpaired) electrons. The zero-order chi connectivity index (χ0) is 18.7. The Bertz CT molecular complexity index is 819. The summed E-state index contributed by atoms with van der Waals surface area (Å²) in [6.07, 6.45) is 3.05. The molecule has 0 saturated carbocycles. The first-order valence-corrected chi connectivity index (χ1v) is 8.69. The predicted octanol–water partition coefficient (Wildman–Crippen LogP) is 2.12. The molecule has 2 aromatic rings. The van der Waals surface area contributed by atoms with E-state index in [9.17, 15) is 14.0 Å². The lowest BCUT2D eigenvalue weighted by Crippen LogP contribution is -2.52. The summed E-state index contributed by atoms with van der Waals surface area (Å²) in [5.74, 6) is -0.563. The van der Waals surface area contributed by atoms with Crippen LogP contribution < -0.4 is 5.32 Å². The van der Waals surface area contributed by atoms with Gasteiger partial charge in [0, 0.05) is 32.9 Å². The number of piperidine rings is 1. The van der Waals surface area contributed by atoms with E-state index in [0.717, 1.165) is 6.42 Å². The van der Waals surface area contributed by atoms with Gasteiger partial charge < -0.3 is 10.2 Å². The van der Waals surface area contributed by atoms with E-state index in [4.69, 9.17) is 0 Å². The molecule has 1 aliphatic rings. The Balaban J connectivity index is 1.65. The predicted molar refractivity (Wildman–Crippen MR) is 94.7 cm³/mol. The van der Waals surface area contributed by atoms with Gasteiger partial charge in [-0.3, -0.25) is 14.3 Å². The normalized spacial score (nSPS) is 20.0. The third kappa shape index (κ3) is 3.76. The number of hydrogen-bond acceptors (Lipinski definition) is 3. The molecule has 6 nitrogen and oxygen atoms in total. The minimum absolute atomic E-state index is 0.117. The van der Waals surface area contributed by atoms with Crippen molar-refractivity contribution in [2.75, 3.05) is 13.1 Å². The number of halogens is 1. The van der Waals surface area contributed by atoms with E-state index >= 15 is 0 Å². The van der Waals surface area contributed by atoms with Crippen LogP contribution in [-0.4, -0.2) is 39.6 Å². The highest BCUT2D eigenvalue weighted by Gasteiger charge is 2.39. The topological polar surface area (TPSA) is 67.2 Å². The Morgan fingerprint density at radius 2 is 2.15 bits per heavy atom. The molecule has 1 fully saturated rings. The van der Waals surface area contributed by atoms with Crippen LogP contribution >= 0.6 is 0 Å². The van der Waals surface area contributed by atoms with E-state index in [1.807, 2.05) is 6.92 Å². The van der Waals surface area contributed by atoms with Crippen LogP contribution in [0.4, 0.5) is 4.39 Å². The number of benzene rings is 1. The lowest BCUT2D eigenvalue weighted by molar-refractivity contribution is -0.132. The fraction of sp³-hybridized carbons (Fsp3) is 0.421. The van der Waals surface area contributed by atoms with Gasteiger partial charge in [-0.05, 0) is 43.5 Å². The fourth-order valence-electron chi connectivity index (χ4n) is 3.39. The molecule has 0 bridgehead atoms. The van der Waals surface area contributed by atoms with E-state index in [-0.39, 0.29) is 24.2 Å².